The van der Waals surface area contributed by atoms with E-state index in [-0.39, 0.29) is 18.2 Å². The number of H-pyrrole nitrogens is 1. The summed E-state index contributed by atoms with van der Waals surface area (Å²) in [6.45, 7) is 2.46. The lowest BCUT2D eigenvalue weighted by Gasteiger charge is -2.33. The van der Waals surface area contributed by atoms with Crippen LogP contribution < -0.4 is 5.56 Å². The minimum absolute atomic E-state index is 0.0303. The molecule has 3 rings (SSSR count). The Kier molecular flexibility index (Phi) is 3.61. The van der Waals surface area contributed by atoms with Crippen molar-refractivity contribution in [1.29, 1.82) is 0 Å². The van der Waals surface area contributed by atoms with Gasteiger partial charge in [0.25, 0.3) is 5.56 Å². The molecule has 1 aliphatic rings. The number of rotatable bonds is 3. The summed E-state index contributed by atoms with van der Waals surface area (Å²) in [5, 5.41) is 11.2. The van der Waals surface area contributed by atoms with Gasteiger partial charge in [0.1, 0.15) is 10.5 Å². The number of nitrogens with one attached hydrogen (secondary N) is 1. The zero-order chi connectivity index (χ0) is 13.2. The highest BCUT2D eigenvalue weighted by molar-refractivity contribution is 7.17. The van der Waals surface area contributed by atoms with E-state index >= 15 is 0 Å². The number of aromatic nitrogens is 2. The number of thiophene rings is 1. The molecule has 6 nitrogen and oxygen atoms in total. The number of aliphatic hydroxyl groups excluding tert-OH is 1. The SMILES string of the molecule is O=c1[nH]c(CN2CCOCC2CO)nc2ccsc12. The fourth-order valence-electron chi connectivity index (χ4n) is 2.25. The number of hydrogen-bond acceptors (Lipinski definition) is 6. The summed E-state index contributed by atoms with van der Waals surface area (Å²) >= 11 is 1.39. The lowest BCUT2D eigenvalue weighted by atomic mass is 10.2. The van der Waals surface area contributed by atoms with Gasteiger partial charge in [0, 0.05) is 6.54 Å². The van der Waals surface area contributed by atoms with Crippen LogP contribution in [-0.2, 0) is 11.3 Å². The van der Waals surface area contributed by atoms with E-state index in [1.54, 1.807) is 0 Å². The van der Waals surface area contributed by atoms with Crippen LogP contribution in [0.15, 0.2) is 16.2 Å². The maximum Gasteiger partial charge on any atom is 0.268 e. The van der Waals surface area contributed by atoms with Gasteiger partial charge in [0.05, 0.1) is 37.9 Å². The van der Waals surface area contributed by atoms with Crippen molar-refractivity contribution in [3.05, 3.63) is 27.6 Å². The molecule has 0 spiro atoms. The molecule has 102 valence electrons. The highest BCUT2D eigenvalue weighted by Gasteiger charge is 2.23. The Morgan fingerprint density at radius 3 is 3.37 bits per heavy atom. The Hall–Kier alpha value is -1.28. The molecule has 1 atom stereocenters. The summed E-state index contributed by atoms with van der Waals surface area (Å²) in [6, 6.07) is 1.82. The van der Waals surface area contributed by atoms with E-state index in [0.29, 0.717) is 30.3 Å². The first-order valence-corrected chi connectivity index (χ1v) is 7.05. The van der Waals surface area contributed by atoms with Crippen molar-refractivity contribution in [3.8, 4) is 0 Å². The second kappa shape index (κ2) is 5.38. The van der Waals surface area contributed by atoms with E-state index in [1.807, 2.05) is 11.4 Å². The summed E-state index contributed by atoms with van der Waals surface area (Å²) in [5.74, 6) is 0.635. The van der Waals surface area contributed by atoms with Gasteiger partial charge in [-0.25, -0.2) is 4.98 Å². The Bertz CT molecular complexity index is 624. The van der Waals surface area contributed by atoms with Crippen molar-refractivity contribution in [2.75, 3.05) is 26.4 Å². The largest absolute Gasteiger partial charge is 0.395 e. The first-order chi connectivity index (χ1) is 9.28. The molecule has 0 aliphatic carbocycles. The van der Waals surface area contributed by atoms with Gasteiger partial charge in [0.2, 0.25) is 0 Å². The lowest BCUT2D eigenvalue weighted by Crippen LogP contribution is -2.47. The van der Waals surface area contributed by atoms with Crippen LogP contribution in [0.1, 0.15) is 5.82 Å². The van der Waals surface area contributed by atoms with E-state index in [1.165, 1.54) is 11.3 Å². The fraction of sp³-hybridized carbons (Fsp3) is 0.500. The first-order valence-electron chi connectivity index (χ1n) is 6.17. The van der Waals surface area contributed by atoms with Crippen molar-refractivity contribution in [2.45, 2.75) is 12.6 Å². The molecule has 1 unspecified atom stereocenters. The van der Waals surface area contributed by atoms with Crippen LogP contribution in [0.5, 0.6) is 0 Å². The highest BCUT2D eigenvalue weighted by Crippen LogP contribution is 2.15. The second-order valence-electron chi connectivity index (χ2n) is 4.53. The molecule has 2 N–H and O–H groups in total. The smallest absolute Gasteiger partial charge is 0.268 e. The molecule has 3 heterocycles. The van der Waals surface area contributed by atoms with Crippen LogP contribution in [0, 0.1) is 0 Å². The second-order valence-corrected chi connectivity index (χ2v) is 5.45. The lowest BCUT2D eigenvalue weighted by molar-refractivity contribution is -0.0322. The zero-order valence-corrected chi connectivity index (χ0v) is 11.2. The molecule has 1 aliphatic heterocycles. The van der Waals surface area contributed by atoms with Crippen molar-refractivity contribution in [3.63, 3.8) is 0 Å². The Morgan fingerprint density at radius 1 is 1.63 bits per heavy atom. The van der Waals surface area contributed by atoms with Crippen molar-refractivity contribution in [2.24, 2.45) is 0 Å². The molecular formula is C12H15N3O3S. The Labute approximate surface area is 113 Å². The van der Waals surface area contributed by atoms with Gasteiger partial charge in [-0.15, -0.1) is 11.3 Å². The van der Waals surface area contributed by atoms with Crippen molar-refractivity contribution >= 4 is 21.6 Å². The van der Waals surface area contributed by atoms with E-state index in [4.69, 9.17) is 4.74 Å². The van der Waals surface area contributed by atoms with Crippen molar-refractivity contribution < 1.29 is 9.84 Å². The number of ether oxygens (including phenoxy) is 1. The molecule has 2 aromatic rings. The van der Waals surface area contributed by atoms with Gasteiger partial charge in [-0.2, -0.15) is 0 Å². The molecule has 1 fully saturated rings. The predicted octanol–water partition coefficient (Wildman–Crippen LogP) is 0.178. The van der Waals surface area contributed by atoms with Gasteiger partial charge < -0.3 is 14.8 Å². The van der Waals surface area contributed by atoms with Crippen LogP contribution >= 0.6 is 11.3 Å². The molecule has 0 aromatic carbocycles. The third-order valence-corrected chi connectivity index (χ3v) is 4.18. The first kappa shape index (κ1) is 12.7. The Balaban J connectivity index is 1.85. The van der Waals surface area contributed by atoms with E-state index in [9.17, 15) is 9.90 Å². The van der Waals surface area contributed by atoms with Crippen LogP contribution in [0.3, 0.4) is 0 Å². The number of fused-ring (bicyclic) bond motifs is 1. The average Bonchev–Trinajstić information content (AvgIpc) is 2.88. The quantitative estimate of drug-likeness (QED) is 0.839. The molecule has 7 heteroatoms. The van der Waals surface area contributed by atoms with Gasteiger partial charge in [-0.1, -0.05) is 0 Å². The summed E-state index contributed by atoms with van der Waals surface area (Å²) in [7, 11) is 0. The van der Waals surface area contributed by atoms with E-state index in [0.717, 1.165) is 12.1 Å². The Morgan fingerprint density at radius 2 is 2.53 bits per heavy atom. The summed E-state index contributed by atoms with van der Waals surface area (Å²) in [4.78, 5) is 21.2. The maximum atomic E-state index is 11.9. The number of morpholine rings is 1. The normalized spacial score (nSPS) is 21.0. The number of hydrogen-bond donors (Lipinski definition) is 2. The van der Waals surface area contributed by atoms with Gasteiger partial charge >= 0.3 is 0 Å². The summed E-state index contributed by atoms with van der Waals surface area (Å²) in [6.07, 6.45) is 0. The summed E-state index contributed by atoms with van der Waals surface area (Å²) in [5.41, 5.74) is 0.640. The number of nitrogens with zero attached hydrogens (tertiary/aromatic N) is 2. The zero-order valence-electron chi connectivity index (χ0n) is 10.3. The molecule has 0 radical (unpaired) electrons. The standard InChI is InChI=1S/C12H15N3O3S/c16-6-8-7-18-3-2-15(8)5-10-13-9-1-4-19-11(9)12(17)14-10/h1,4,8,16H,2-3,5-7H2,(H,13,14,17). The van der Waals surface area contributed by atoms with Gasteiger partial charge in [-0.3, -0.25) is 9.69 Å². The predicted molar refractivity (Wildman–Crippen MR) is 72.3 cm³/mol. The fourth-order valence-corrected chi connectivity index (χ4v) is 2.98. The van der Waals surface area contributed by atoms with Crippen molar-refractivity contribution in [1.82, 2.24) is 14.9 Å². The molecule has 0 saturated carbocycles. The minimum atomic E-state index is -0.0937. The van der Waals surface area contributed by atoms with E-state index < -0.39 is 0 Å². The molecule has 0 bridgehead atoms. The monoisotopic (exact) mass is 281 g/mol. The van der Waals surface area contributed by atoms with Gasteiger partial charge in [-0.05, 0) is 11.4 Å². The minimum Gasteiger partial charge on any atom is -0.395 e. The third kappa shape index (κ3) is 2.55. The van der Waals surface area contributed by atoms with Crippen LogP contribution in [0.2, 0.25) is 0 Å². The van der Waals surface area contributed by atoms with E-state index in [2.05, 4.69) is 14.9 Å². The molecular weight excluding hydrogens is 266 g/mol. The van der Waals surface area contributed by atoms with Crippen LogP contribution in [-0.4, -0.2) is 52.4 Å². The average molecular weight is 281 g/mol. The molecule has 19 heavy (non-hydrogen) atoms. The molecule has 2 aromatic heterocycles. The molecule has 1 saturated heterocycles. The number of aromatic amines is 1. The summed E-state index contributed by atoms with van der Waals surface area (Å²) < 4.78 is 5.99. The van der Waals surface area contributed by atoms with Crippen LogP contribution in [0.25, 0.3) is 10.2 Å². The highest BCUT2D eigenvalue weighted by atomic mass is 32.1. The molecule has 0 amide bonds. The third-order valence-electron chi connectivity index (χ3n) is 3.28. The topological polar surface area (TPSA) is 78.5 Å². The van der Waals surface area contributed by atoms with Crippen LogP contribution in [0.4, 0.5) is 0 Å². The number of aliphatic hydroxyl groups is 1. The van der Waals surface area contributed by atoms with Gasteiger partial charge in [0.15, 0.2) is 0 Å². The maximum absolute atomic E-state index is 11.9.